The van der Waals surface area contributed by atoms with Crippen LogP contribution in [0, 0.1) is 5.92 Å². The van der Waals surface area contributed by atoms with Gasteiger partial charge in [0.25, 0.3) is 0 Å². The average Bonchev–Trinajstić information content (AvgIpc) is 2.48. The third kappa shape index (κ3) is 4.32. The number of hydrogen-bond donors (Lipinski definition) is 2. The van der Waals surface area contributed by atoms with Gasteiger partial charge in [-0.3, -0.25) is 4.79 Å². The molecular weight excluding hydrogens is 254 g/mol. The average molecular weight is 277 g/mol. The Hall–Kier alpha value is -1.39. The number of benzene rings is 1. The van der Waals surface area contributed by atoms with Crippen LogP contribution in [0.2, 0.25) is 0 Å². The fourth-order valence-corrected chi connectivity index (χ4v) is 2.44. The maximum Gasteiger partial charge on any atom is 0.310 e. The summed E-state index contributed by atoms with van der Waals surface area (Å²) in [4.78, 5) is 10.9. The molecule has 1 unspecified atom stereocenters. The van der Waals surface area contributed by atoms with Crippen molar-refractivity contribution in [2.75, 3.05) is 19.8 Å². The standard InChI is InChI=1S/C16H23NO3/c1-12(16(18)19)15-4-2-13(3-5-15)10-17-11-14-6-8-20-9-7-14/h2-5,12,14,17H,6-11H2,1H3,(H,18,19). The highest BCUT2D eigenvalue weighted by molar-refractivity contribution is 5.75. The molecule has 0 aliphatic carbocycles. The normalized spacial score (nSPS) is 17.9. The van der Waals surface area contributed by atoms with Crippen LogP contribution in [0.1, 0.15) is 36.8 Å². The molecule has 1 aliphatic heterocycles. The first-order valence-electron chi connectivity index (χ1n) is 7.27. The van der Waals surface area contributed by atoms with Crippen molar-refractivity contribution < 1.29 is 14.6 Å². The second-order valence-corrected chi connectivity index (χ2v) is 5.49. The maximum absolute atomic E-state index is 10.9. The van der Waals surface area contributed by atoms with Crippen LogP contribution in [-0.2, 0) is 16.1 Å². The van der Waals surface area contributed by atoms with Crippen molar-refractivity contribution in [2.24, 2.45) is 5.92 Å². The summed E-state index contributed by atoms with van der Waals surface area (Å²) in [6.45, 7) is 5.33. The molecule has 20 heavy (non-hydrogen) atoms. The first-order valence-corrected chi connectivity index (χ1v) is 7.27. The van der Waals surface area contributed by atoms with Crippen molar-refractivity contribution in [1.29, 1.82) is 0 Å². The van der Waals surface area contributed by atoms with Gasteiger partial charge in [-0.2, -0.15) is 0 Å². The van der Waals surface area contributed by atoms with Crippen LogP contribution >= 0.6 is 0 Å². The summed E-state index contributed by atoms with van der Waals surface area (Å²) in [5.74, 6) is -0.510. The van der Waals surface area contributed by atoms with Gasteiger partial charge in [0, 0.05) is 19.8 Å². The molecule has 1 aromatic carbocycles. The Labute approximate surface area is 120 Å². The highest BCUT2D eigenvalue weighted by Crippen LogP contribution is 2.16. The molecule has 0 saturated carbocycles. The summed E-state index contributed by atoms with van der Waals surface area (Å²) in [5.41, 5.74) is 2.05. The van der Waals surface area contributed by atoms with Gasteiger partial charge in [0.05, 0.1) is 5.92 Å². The number of carboxylic acid groups (broad SMARTS) is 1. The quantitative estimate of drug-likeness (QED) is 0.838. The summed E-state index contributed by atoms with van der Waals surface area (Å²) in [7, 11) is 0. The van der Waals surface area contributed by atoms with E-state index < -0.39 is 11.9 Å². The van der Waals surface area contributed by atoms with Gasteiger partial charge in [0.1, 0.15) is 0 Å². The lowest BCUT2D eigenvalue weighted by Crippen LogP contribution is -2.27. The first kappa shape index (κ1) is 15.0. The summed E-state index contributed by atoms with van der Waals surface area (Å²) in [5, 5.41) is 12.4. The third-order valence-electron chi connectivity index (χ3n) is 3.95. The fourth-order valence-electron chi connectivity index (χ4n) is 2.44. The van der Waals surface area contributed by atoms with E-state index in [1.54, 1.807) is 6.92 Å². The molecule has 1 heterocycles. The van der Waals surface area contributed by atoms with E-state index in [2.05, 4.69) is 5.32 Å². The van der Waals surface area contributed by atoms with E-state index >= 15 is 0 Å². The van der Waals surface area contributed by atoms with Gasteiger partial charge in [-0.05, 0) is 43.4 Å². The van der Waals surface area contributed by atoms with Crippen LogP contribution in [0.5, 0.6) is 0 Å². The molecule has 4 nitrogen and oxygen atoms in total. The zero-order chi connectivity index (χ0) is 14.4. The number of carboxylic acids is 1. The van der Waals surface area contributed by atoms with Crippen LogP contribution in [0.4, 0.5) is 0 Å². The molecule has 0 bridgehead atoms. The molecule has 0 aromatic heterocycles. The van der Waals surface area contributed by atoms with Crippen LogP contribution < -0.4 is 5.32 Å². The van der Waals surface area contributed by atoms with Gasteiger partial charge in [0.15, 0.2) is 0 Å². The van der Waals surface area contributed by atoms with Gasteiger partial charge in [-0.1, -0.05) is 24.3 Å². The lowest BCUT2D eigenvalue weighted by molar-refractivity contribution is -0.138. The van der Waals surface area contributed by atoms with Gasteiger partial charge >= 0.3 is 5.97 Å². The smallest absolute Gasteiger partial charge is 0.310 e. The molecule has 110 valence electrons. The largest absolute Gasteiger partial charge is 0.481 e. The Bertz CT molecular complexity index is 424. The number of carbonyl (C=O) groups is 1. The minimum atomic E-state index is -0.782. The zero-order valence-electron chi connectivity index (χ0n) is 12.0. The Balaban J connectivity index is 1.77. The van der Waals surface area contributed by atoms with Crippen LogP contribution in [0.3, 0.4) is 0 Å². The number of rotatable bonds is 6. The van der Waals surface area contributed by atoms with Crippen LogP contribution in [0.25, 0.3) is 0 Å². The second kappa shape index (κ2) is 7.41. The molecule has 1 aliphatic rings. The van der Waals surface area contributed by atoms with Crippen molar-refractivity contribution in [1.82, 2.24) is 5.32 Å². The van der Waals surface area contributed by atoms with Crippen molar-refractivity contribution in [3.05, 3.63) is 35.4 Å². The topological polar surface area (TPSA) is 58.6 Å². The minimum absolute atomic E-state index is 0.445. The van der Waals surface area contributed by atoms with Gasteiger partial charge in [-0.25, -0.2) is 0 Å². The Morgan fingerprint density at radius 2 is 2.00 bits per heavy atom. The highest BCUT2D eigenvalue weighted by Gasteiger charge is 2.14. The molecule has 1 atom stereocenters. The molecule has 1 saturated heterocycles. The molecule has 0 amide bonds. The fraction of sp³-hybridized carbons (Fsp3) is 0.562. The monoisotopic (exact) mass is 277 g/mol. The van der Waals surface area contributed by atoms with Crippen molar-refractivity contribution in [2.45, 2.75) is 32.2 Å². The summed E-state index contributed by atoms with van der Waals surface area (Å²) >= 11 is 0. The Morgan fingerprint density at radius 1 is 1.35 bits per heavy atom. The number of ether oxygens (including phenoxy) is 1. The number of nitrogens with one attached hydrogen (secondary N) is 1. The number of hydrogen-bond acceptors (Lipinski definition) is 3. The molecule has 1 aromatic rings. The van der Waals surface area contributed by atoms with E-state index in [0.717, 1.165) is 50.6 Å². The van der Waals surface area contributed by atoms with E-state index in [9.17, 15) is 4.79 Å². The van der Waals surface area contributed by atoms with Gasteiger partial charge < -0.3 is 15.2 Å². The molecule has 2 rings (SSSR count). The minimum Gasteiger partial charge on any atom is -0.481 e. The molecule has 1 fully saturated rings. The van der Waals surface area contributed by atoms with E-state index in [4.69, 9.17) is 9.84 Å². The summed E-state index contributed by atoms with van der Waals surface area (Å²) < 4.78 is 5.34. The van der Waals surface area contributed by atoms with Gasteiger partial charge in [0.2, 0.25) is 0 Å². The van der Waals surface area contributed by atoms with E-state index in [1.165, 1.54) is 5.56 Å². The molecular formula is C16H23NO3. The molecule has 4 heteroatoms. The Morgan fingerprint density at radius 3 is 2.60 bits per heavy atom. The molecule has 2 N–H and O–H groups in total. The summed E-state index contributed by atoms with van der Waals surface area (Å²) in [6.07, 6.45) is 2.28. The van der Waals surface area contributed by atoms with Crippen LogP contribution in [0.15, 0.2) is 24.3 Å². The zero-order valence-corrected chi connectivity index (χ0v) is 12.0. The van der Waals surface area contributed by atoms with Crippen molar-refractivity contribution in [3.8, 4) is 0 Å². The van der Waals surface area contributed by atoms with Crippen molar-refractivity contribution >= 4 is 5.97 Å². The lowest BCUT2D eigenvalue weighted by atomic mass is 9.99. The van der Waals surface area contributed by atoms with Gasteiger partial charge in [-0.15, -0.1) is 0 Å². The van der Waals surface area contributed by atoms with E-state index in [1.807, 2.05) is 24.3 Å². The van der Waals surface area contributed by atoms with E-state index in [0.29, 0.717) is 0 Å². The predicted octanol–water partition coefficient (Wildman–Crippen LogP) is 2.39. The lowest BCUT2D eigenvalue weighted by Gasteiger charge is -2.22. The predicted molar refractivity (Wildman–Crippen MR) is 77.7 cm³/mol. The number of aliphatic carboxylic acids is 1. The molecule has 0 spiro atoms. The first-order chi connectivity index (χ1) is 9.66. The van der Waals surface area contributed by atoms with E-state index in [-0.39, 0.29) is 0 Å². The third-order valence-corrected chi connectivity index (χ3v) is 3.95. The molecule has 0 radical (unpaired) electrons. The maximum atomic E-state index is 10.9. The second-order valence-electron chi connectivity index (χ2n) is 5.49. The highest BCUT2D eigenvalue weighted by atomic mass is 16.5. The van der Waals surface area contributed by atoms with Crippen molar-refractivity contribution in [3.63, 3.8) is 0 Å². The SMILES string of the molecule is CC(C(=O)O)c1ccc(CNCC2CCOCC2)cc1. The summed E-state index contributed by atoms with van der Waals surface area (Å²) in [6, 6.07) is 7.83. The van der Waals surface area contributed by atoms with Crippen LogP contribution in [-0.4, -0.2) is 30.8 Å². The Kier molecular flexibility index (Phi) is 5.56.